The Hall–Kier alpha value is -1.06. The molecule has 92 valence electrons. The van der Waals surface area contributed by atoms with Crippen LogP contribution in [-0.2, 0) is 4.79 Å². The number of carbonyl (C=O) groups excluding carboxylic acids is 1. The average molecular weight is 254 g/mol. The summed E-state index contributed by atoms with van der Waals surface area (Å²) in [5.41, 5.74) is 1.03. The maximum absolute atomic E-state index is 11.8. The topological polar surface area (TPSA) is 40.5 Å². The van der Waals surface area contributed by atoms with Crippen molar-refractivity contribution in [1.82, 2.24) is 4.90 Å². The van der Waals surface area contributed by atoms with Crippen molar-refractivity contribution in [2.75, 3.05) is 13.2 Å². The van der Waals surface area contributed by atoms with Crippen LogP contribution in [0.15, 0.2) is 24.3 Å². The lowest BCUT2D eigenvalue weighted by Gasteiger charge is -2.25. The Labute approximate surface area is 106 Å². The quantitative estimate of drug-likeness (QED) is 0.898. The van der Waals surface area contributed by atoms with Crippen molar-refractivity contribution in [3.05, 3.63) is 34.9 Å². The number of halogens is 1. The summed E-state index contributed by atoms with van der Waals surface area (Å²) in [6, 6.07) is 7.57. The second kappa shape index (κ2) is 5.07. The fraction of sp³-hybridized carbons (Fsp3) is 0.462. The van der Waals surface area contributed by atoms with E-state index >= 15 is 0 Å². The Morgan fingerprint density at radius 3 is 2.94 bits per heavy atom. The van der Waals surface area contributed by atoms with Crippen molar-refractivity contribution in [3.63, 3.8) is 0 Å². The van der Waals surface area contributed by atoms with Gasteiger partial charge in [0.2, 0.25) is 5.91 Å². The van der Waals surface area contributed by atoms with E-state index in [0.717, 1.165) is 5.56 Å². The smallest absolute Gasteiger partial charge is 0.223 e. The fourth-order valence-corrected chi connectivity index (χ4v) is 2.45. The van der Waals surface area contributed by atoms with Gasteiger partial charge in [0.15, 0.2) is 0 Å². The maximum Gasteiger partial charge on any atom is 0.223 e. The molecule has 1 heterocycles. The molecule has 1 aromatic rings. The van der Waals surface area contributed by atoms with Gasteiger partial charge < -0.3 is 10.0 Å². The number of amides is 1. The normalized spacial score (nSPS) is 21.9. The van der Waals surface area contributed by atoms with Crippen LogP contribution >= 0.6 is 11.6 Å². The Kier molecular flexibility index (Phi) is 3.69. The van der Waals surface area contributed by atoms with Crippen LogP contribution in [0.2, 0.25) is 5.02 Å². The Bertz CT molecular complexity index is 422. The third kappa shape index (κ3) is 2.61. The maximum atomic E-state index is 11.8. The molecular weight excluding hydrogens is 238 g/mol. The first-order valence-electron chi connectivity index (χ1n) is 5.77. The van der Waals surface area contributed by atoms with Gasteiger partial charge in [0.25, 0.3) is 0 Å². The van der Waals surface area contributed by atoms with E-state index in [4.69, 9.17) is 16.7 Å². The molecule has 1 aliphatic rings. The van der Waals surface area contributed by atoms with Gasteiger partial charge in [-0.25, -0.2) is 0 Å². The summed E-state index contributed by atoms with van der Waals surface area (Å²) in [5, 5.41) is 9.78. The fourth-order valence-electron chi connectivity index (χ4n) is 2.25. The molecule has 2 unspecified atom stereocenters. The number of aliphatic hydroxyl groups excluding tert-OH is 1. The van der Waals surface area contributed by atoms with Gasteiger partial charge >= 0.3 is 0 Å². The number of hydrogen-bond donors (Lipinski definition) is 1. The molecule has 1 aromatic carbocycles. The number of carbonyl (C=O) groups is 1. The van der Waals surface area contributed by atoms with E-state index in [1.54, 1.807) is 0 Å². The Morgan fingerprint density at radius 2 is 2.35 bits per heavy atom. The van der Waals surface area contributed by atoms with Crippen molar-refractivity contribution >= 4 is 17.5 Å². The molecule has 1 amide bonds. The van der Waals surface area contributed by atoms with E-state index in [1.165, 1.54) is 0 Å². The van der Waals surface area contributed by atoms with Gasteiger partial charge in [0, 0.05) is 30.5 Å². The van der Waals surface area contributed by atoms with Crippen molar-refractivity contribution in [2.24, 2.45) is 5.92 Å². The lowest BCUT2D eigenvalue weighted by molar-refractivity contribution is -0.129. The third-order valence-electron chi connectivity index (χ3n) is 3.30. The van der Waals surface area contributed by atoms with Crippen LogP contribution < -0.4 is 0 Å². The van der Waals surface area contributed by atoms with Crippen molar-refractivity contribution in [1.29, 1.82) is 0 Å². The first kappa shape index (κ1) is 12.4. The van der Waals surface area contributed by atoms with Gasteiger partial charge in [-0.15, -0.1) is 0 Å². The summed E-state index contributed by atoms with van der Waals surface area (Å²) in [4.78, 5) is 13.6. The minimum absolute atomic E-state index is 0.0118. The lowest BCUT2D eigenvalue weighted by atomic mass is 10.1. The van der Waals surface area contributed by atoms with Gasteiger partial charge in [-0.05, 0) is 24.6 Å². The molecule has 0 bridgehead atoms. The van der Waals surface area contributed by atoms with Gasteiger partial charge in [0.1, 0.15) is 0 Å². The van der Waals surface area contributed by atoms with E-state index < -0.39 is 0 Å². The van der Waals surface area contributed by atoms with Crippen LogP contribution in [-0.4, -0.2) is 29.1 Å². The van der Waals surface area contributed by atoms with Crippen LogP contribution in [0.4, 0.5) is 0 Å². The molecule has 2 rings (SSSR count). The monoisotopic (exact) mass is 253 g/mol. The first-order chi connectivity index (χ1) is 8.11. The second-order valence-corrected chi connectivity index (χ2v) is 4.97. The standard InChI is InChI=1S/C13H16ClNO2/c1-9(11-3-2-4-12(14)6-11)15-7-10(8-16)5-13(15)17/h2-4,6,9-10,16H,5,7-8H2,1H3. The van der Waals surface area contributed by atoms with Gasteiger partial charge in [-0.3, -0.25) is 4.79 Å². The number of aliphatic hydroxyl groups is 1. The highest BCUT2D eigenvalue weighted by molar-refractivity contribution is 6.30. The minimum atomic E-state index is 0.0118. The Balaban J connectivity index is 2.15. The summed E-state index contributed by atoms with van der Waals surface area (Å²) in [6.45, 7) is 2.69. The third-order valence-corrected chi connectivity index (χ3v) is 3.53. The van der Waals surface area contributed by atoms with Crippen LogP contribution in [0.25, 0.3) is 0 Å². The Morgan fingerprint density at radius 1 is 1.59 bits per heavy atom. The van der Waals surface area contributed by atoms with E-state index in [-0.39, 0.29) is 24.5 Å². The summed E-state index contributed by atoms with van der Waals surface area (Å²) >= 11 is 5.94. The van der Waals surface area contributed by atoms with E-state index in [0.29, 0.717) is 18.0 Å². The summed E-state index contributed by atoms with van der Waals surface area (Å²) in [6.07, 6.45) is 0.446. The average Bonchev–Trinajstić information content (AvgIpc) is 2.69. The van der Waals surface area contributed by atoms with Crippen molar-refractivity contribution < 1.29 is 9.90 Å². The number of likely N-dealkylation sites (tertiary alicyclic amines) is 1. The number of hydrogen-bond acceptors (Lipinski definition) is 2. The van der Waals surface area contributed by atoms with Gasteiger partial charge in [-0.2, -0.15) is 0 Å². The zero-order valence-corrected chi connectivity index (χ0v) is 10.5. The minimum Gasteiger partial charge on any atom is -0.396 e. The molecule has 1 N–H and O–H groups in total. The SMILES string of the molecule is CC(c1cccc(Cl)c1)N1CC(CO)CC1=O. The summed E-state index contributed by atoms with van der Waals surface area (Å²) in [5.74, 6) is 0.181. The largest absolute Gasteiger partial charge is 0.396 e. The summed E-state index contributed by atoms with van der Waals surface area (Å²) in [7, 11) is 0. The molecule has 0 aromatic heterocycles. The highest BCUT2D eigenvalue weighted by Gasteiger charge is 2.32. The summed E-state index contributed by atoms with van der Waals surface area (Å²) < 4.78 is 0. The molecule has 0 spiro atoms. The molecule has 1 fully saturated rings. The number of rotatable bonds is 3. The highest BCUT2D eigenvalue weighted by Crippen LogP contribution is 2.29. The van der Waals surface area contributed by atoms with Crippen LogP contribution in [0.1, 0.15) is 24.9 Å². The molecule has 1 saturated heterocycles. The molecule has 4 heteroatoms. The van der Waals surface area contributed by atoms with Crippen LogP contribution in [0.5, 0.6) is 0 Å². The molecule has 3 nitrogen and oxygen atoms in total. The second-order valence-electron chi connectivity index (χ2n) is 4.53. The molecule has 1 aliphatic heterocycles. The predicted molar refractivity (Wildman–Crippen MR) is 66.8 cm³/mol. The van der Waals surface area contributed by atoms with E-state index in [2.05, 4.69) is 0 Å². The van der Waals surface area contributed by atoms with Gasteiger partial charge in [0.05, 0.1) is 6.04 Å². The molecule has 2 atom stereocenters. The molecule has 0 radical (unpaired) electrons. The van der Waals surface area contributed by atoms with Crippen LogP contribution in [0, 0.1) is 5.92 Å². The van der Waals surface area contributed by atoms with Crippen molar-refractivity contribution in [2.45, 2.75) is 19.4 Å². The zero-order valence-electron chi connectivity index (χ0n) is 9.77. The highest BCUT2D eigenvalue weighted by atomic mass is 35.5. The zero-order chi connectivity index (χ0) is 12.4. The molecule has 17 heavy (non-hydrogen) atoms. The van der Waals surface area contributed by atoms with E-state index in [1.807, 2.05) is 36.1 Å². The van der Waals surface area contributed by atoms with Gasteiger partial charge in [-0.1, -0.05) is 23.7 Å². The number of nitrogens with zero attached hydrogens (tertiary/aromatic N) is 1. The molecule has 0 saturated carbocycles. The molecule has 0 aliphatic carbocycles. The van der Waals surface area contributed by atoms with E-state index in [9.17, 15) is 4.79 Å². The lowest BCUT2D eigenvalue weighted by Crippen LogP contribution is -2.28. The number of benzene rings is 1. The van der Waals surface area contributed by atoms with Crippen molar-refractivity contribution in [3.8, 4) is 0 Å². The molecular formula is C13H16ClNO2. The van der Waals surface area contributed by atoms with Crippen LogP contribution in [0.3, 0.4) is 0 Å². The first-order valence-corrected chi connectivity index (χ1v) is 6.15. The predicted octanol–water partition coefficient (Wildman–Crippen LogP) is 2.24.